The number of H-pyrrole nitrogens is 1. The molecule has 1 aromatic heterocycles. The maximum Gasteiger partial charge on any atom is 0.227 e. The van der Waals surface area contributed by atoms with Crippen molar-refractivity contribution in [3.63, 3.8) is 0 Å². The number of halogens is 1. The topological polar surface area (TPSA) is 36.1 Å². The maximum absolute atomic E-state index is 13.6. The lowest BCUT2D eigenvalue weighted by Crippen LogP contribution is -2.52. The molecule has 2 unspecified atom stereocenters. The van der Waals surface area contributed by atoms with E-state index in [0.29, 0.717) is 17.7 Å². The van der Waals surface area contributed by atoms with Crippen molar-refractivity contribution in [2.75, 3.05) is 12.3 Å². The molecule has 2 fully saturated rings. The highest BCUT2D eigenvalue weighted by atomic mass is 32.2. The van der Waals surface area contributed by atoms with Crippen molar-refractivity contribution in [3.8, 4) is 0 Å². The average Bonchev–Trinajstić information content (AvgIpc) is 2.89. The van der Waals surface area contributed by atoms with Crippen LogP contribution in [0.25, 0.3) is 10.9 Å². The van der Waals surface area contributed by atoms with Crippen LogP contribution >= 0.6 is 11.8 Å². The highest BCUT2D eigenvalue weighted by molar-refractivity contribution is 8.00. The largest absolute Gasteiger partial charge is 0.358 e. The molecular formula is C19H23FN2OS. The second-order valence-corrected chi connectivity index (χ2v) is 8.29. The van der Waals surface area contributed by atoms with Crippen molar-refractivity contribution in [2.24, 2.45) is 0 Å². The van der Waals surface area contributed by atoms with E-state index in [1.807, 2.05) is 18.7 Å². The number of aryl methyl sites for hydroxylation is 1. The van der Waals surface area contributed by atoms with Crippen molar-refractivity contribution in [2.45, 2.75) is 50.3 Å². The maximum atomic E-state index is 13.6. The number of thioether (sulfide) groups is 1. The highest BCUT2D eigenvalue weighted by Gasteiger charge is 2.36. The molecular weight excluding hydrogens is 323 g/mol. The predicted octanol–water partition coefficient (Wildman–Crippen LogP) is 4.04. The van der Waals surface area contributed by atoms with Gasteiger partial charge in [-0.05, 0) is 43.5 Å². The number of aromatic nitrogens is 1. The molecule has 1 aliphatic heterocycles. The summed E-state index contributed by atoms with van der Waals surface area (Å²) >= 11 is 2.03. The summed E-state index contributed by atoms with van der Waals surface area (Å²) in [5, 5.41) is 1.45. The highest BCUT2D eigenvalue weighted by Crippen LogP contribution is 2.36. The van der Waals surface area contributed by atoms with Gasteiger partial charge < -0.3 is 9.88 Å². The normalized spacial score (nSPS) is 24.2. The Kier molecular flexibility index (Phi) is 4.29. The lowest BCUT2D eigenvalue weighted by molar-refractivity contribution is -0.133. The van der Waals surface area contributed by atoms with Crippen LogP contribution in [0.1, 0.15) is 36.9 Å². The van der Waals surface area contributed by atoms with E-state index in [4.69, 9.17) is 0 Å². The number of benzene rings is 1. The van der Waals surface area contributed by atoms with Crippen LogP contribution in [0, 0.1) is 12.7 Å². The Bertz CT molecular complexity index is 770. The summed E-state index contributed by atoms with van der Waals surface area (Å²) in [7, 11) is 0. The second kappa shape index (κ2) is 6.43. The lowest BCUT2D eigenvalue weighted by Gasteiger charge is -2.43. The number of hydrogen-bond acceptors (Lipinski definition) is 2. The fourth-order valence-electron chi connectivity index (χ4n) is 4.24. The number of rotatable bonds is 2. The van der Waals surface area contributed by atoms with Gasteiger partial charge >= 0.3 is 0 Å². The SMILES string of the molecule is Cc1[nH]c2ccc(F)cc2c1CC(=O)N1CCSC2CCCCC21. The Morgan fingerprint density at radius 2 is 2.21 bits per heavy atom. The summed E-state index contributed by atoms with van der Waals surface area (Å²) < 4.78 is 13.6. The summed E-state index contributed by atoms with van der Waals surface area (Å²) in [6.45, 7) is 2.82. The van der Waals surface area contributed by atoms with E-state index < -0.39 is 0 Å². The molecule has 1 aromatic carbocycles. The molecule has 2 aliphatic rings. The first-order valence-electron chi connectivity index (χ1n) is 8.81. The zero-order valence-corrected chi connectivity index (χ0v) is 14.8. The molecule has 2 heterocycles. The van der Waals surface area contributed by atoms with Crippen molar-refractivity contribution >= 4 is 28.6 Å². The van der Waals surface area contributed by atoms with Crippen LogP contribution in [-0.4, -0.2) is 39.4 Å². The summed E-state index contributed by atoms with van der Waals surface area (Å²) in [5.74, 6) is 0.978. The molecule has 0 spiro atoms. The number of nitrogens with zero attached hydrogens (tertiary/aromatic N) is 1. The van der Waals surface area contributed by atoms with E-state index >= 15 is 0 Å². The van der Waals surface area contributed by atoms with E-state index in [-0.39, 0.29) is 11.7 Å². The van der Waals surface area contributed by atoms with Gasteiger partial charge in [-0.25, -0.2) is 4.39 Å². The number of nitrogens with one attached hydrogen (secondary N) is 1. The minimum absolute atomic E-state index is 0.195. The van der Waals surface area contributed by atoms with Gasteiger partial charge in [0.05, 0.1) is 6.42 Å². The molecule has 1 saturated heterocycles. The number of aromatic amines is 1. The number of fused-ring (bicyclic) bond motifs is 2. The molecule has 1 aliphatic carbocycles. The minimum atomic E-state index is -0.253. The van der Waals surface area contributed by atoms with Gasteiger partial charge in [0.15, 0.2) is 0 Å². The van der Waals surface area contributed by atoms with E-state index in [2.05, 4.69) is 9.88 Å². The van der Waals surface area contributed by atoms with E-state index in [9.17, 15) is 9.18 Å². The molecule has 5 heteroatoms. The smallest absolute Gasteiger partial charge is 0.227 e. The Hall–Kier alpha value is -1.49. The molecule has 2 atom stereocenters. The van der Waals surface area contributed by atoms with Crippen molar-refractivity contribution in [3.05, 3.63) is 35.3 Å². The Balaban J connectivity index is 1.59. The summed E-state index contributed by atoms with van der Waals surface area (Å²) in [5.41, 5.74) is 2.82. The number of amides is 1. The molecule has 1 N–H and O–H groups in total. The summed E-state index contributed by atoms with van der Waals surface area (Å²) in [4.78, 5) is 18.4. The van der Waals surface area contributed by atoms with Crippen LogP contribution < -0.4 is 0 Å². The minimum Gasteiger partial charge on any atom is -0.358 e. The zero-order valence-electron chi connectivity index (χ0n) is 14.0. The second-order valence-electron chi connectivity index (χ2n) is 6.94. The van der Waals surface area contributed by atoms with Gasteiger partial charge in [0.25, 0.3) is 0 Å². The third-order valence-corrected chi connectivity index (χ3v) is 6.86. The first-order valence-corrected chi connectivity index (χ1v) is 9.86. The monoisotopic (exact) mass is 346 g/mol. The van der Waals surface area contributed by atoms with Gasteiger partial charge in [0.1, 0.15) is 5.82 Å². The van der Waals surface area contributed by atoms with Crippen LogP contribution in [0.2, 0.25) is 0 Å². The third-order valence-electron chi connectivity index (χ3n) is 5.46. The van der Waals surface area contributed by atoms with Gasteiger partial charge in [0.2, 0.25) is 5.91 Å². The molecule has 1 saturated carbocycles. The van der Waals surface area contributed by atoms with Crippen molar-refractivity contribution in [1.29, 1.82) is 0 Å². The van der Waals surface area contributed by atoms with Crippen LogP contribution in [0.3, 0.4) is 0 Å². The lowest BCUT2D eigenvalue weighted by atomic mass is 9.92. The van der Waals surface area contributed by atoms with Gasteiger partial charge in [-0.1, -0.05) is 12.8 Å². The van der Waals surface area contributed by atoms with E-state index in [1.54, 1.807) is 6.07 Å². The van der Waals surface area contributed by atoms with Gasteiger partial charge in [0, 0.05) is 40.2 Å². The molecule has 2 aromatic rings. The Labute approximate surface area is 146 Å². The molecule has 0 radical (unpaired) electrons. The zero-order chi connectivity index (χ0) is 16.7. The standard InChI is InChI=1S/C19H23FN2OS/c1-12-14(15-10-13(20)6-7-16(15)21-12)11-19(23)22-8-9-24-18-5-3-2-4-17(18)22/h6-7,10,17-18,21H,2-5,8-9,11H2,1H3. The van der Waals surface area contributed by atoms with E-state index in [1.165, 1.54) is 31.4 Å². The van der Waals surface area contributed by atoms with Crippen LogP contribution in [0.15, 0.2) is 18.2 Å². The van der Waals surface area contributed by atoms with Crippen LogP contribution in [0.5, 0.6) is 0 Å². The molecule has 24 heavy (non-hydrogen) atoms. The predicted molar refractivity (Wildman–Crippen MR) is 96.9 cm³/mol. The first-order chi connectivity index (χ1) is 11.6. The summed E-state index contributed by atoms with van der Waals surface area (Å²) in [6, 6.07) is 5.14. The Morgan fingerprint density at radius 3 is 3.08 bits per heavy atom. The number of carbonyl (C=O) groups excluding carboxylic acids is 1. The molecule has 0 bridgehead atoms. The molecule has 128 valence electrons. The number of hydrogen-bond donors (Lipinski definition) is 1. The Morgan fingerprint density at radius 1 is 1.38 bits per heavy atom. The van der Waals surface area contributed by atoms with Crippen molar-refractivity contribution < 1.29 is 9.18 Å². The van der Waals surface area contributed by atoms with E-state index in [0.717, 1.165) is 40.9 Å². The first kappa shape index (κ1) is 16.0. The number of carbonyl (C=O) groups is 1. The average molecular weight is 346 g/mol. The van der Waals surface area contributed by atoms with Crippen molar-refractivity contribution in [1.82, 2.24) is 9.88 Å². The van der Waals surface area contributed by atoms with Gasteiger partial charge in [-0.15, -0.1) is 0 Å². The molecule has 3 nitrogen and oxygen atoms in total. The molecule has 4 rings (SSSR count). The van der Waals surface area contributed by atoms with Gasteiger partial charge in [-0.2, -0.15) is 11.8 Å². The fourth-order valence-corrected chi connectivity index (χ4v) is 5.68. The fraction of sp³-hybridized carbons (Fsp3) is 0.526. The molecule has 1 amide bonds. The summed E-state index contributed by atoms with van der Waals surface area (Å²) in [6.07, 6.45) is 5.24. The van der Waals surface area contributed by atoms with Crippen LogP contribution in [-0.2, 0) is 11.2 Å². The quantitative estimate of drug-likeness (QED) is 0.891. The third kappa shape index (κ3) is 2.83. The van der Waals surface area contributed by atoms with Gasteiger partial charge in [-0.3, -0.25) is 4.79 Å². The van der Waals surface area contributed by atoms with Crippen LogP contribution in [0.4, 0.5) is 4.39 Å².